The van der Waals surface area contributed by atoms with E-state index in [4.69, 9.17) is 10.1 Å². The van der Waals surface area contributed by atoms with E-state index in [-0.39, 0.29) is 5.41 Å². The maximum Gasteiger partial charge on any atom is 0.165 e. The molecule has 0 aliphatic carbocycles. The van der Waals surface area contributed by atoms with Crippen molar-refractivity contribution in [1.82, 2.24) is 24.1 Å². The number of rotatable bonds is 2. The summed E-state index contributed by atoms with van der Waals surface area (Å²) in [6.07, 6.45) is 1.87. The lowest BCUT2D eigenvalue weighted by Gasteiger charge is -2.20. The first kappa shape index (κ1) is 17.6. The molecular formula is C24H23N5. The third-order valence-electron chi connectivity index (χ3n) is 5.28. The van der Waals surface area contributed by atoms with Gasteiger partial charge in [0.1, 0.15) is 12.1 Å². The van der Waals surface area contributed by atoms with Gasteiger partial charge in [0.15, 0.2) is 5.65 Å². The molecule has 0 fully saturated rings. The number of benzene rings is 2. The molecule has 0 saturated heterocycles. The van der Waals surface area contributed by atoms with Crippen molar-refractivity contribution in [2.24, 2.45) is 0 Å². The number of imidazole rings is 1. The van der Waals surface area contributed by atoms with Gasteiger partial charge in [0, 0.05) is 17.0 Å². The third kappa shape index (κ3) is 2.81. The van der Waals surface area contributed by atoms with Gasteiger partial charge in [-0.15, -0.1) is 0 Å². The van der Waals surface area contributed by atoms with Crippen LogP contribution >= 0.6 is 0 Å². The average Bonchev–Trinajstić information content (AvgIpc) is 3.27. The van der Waals surface area contributed by atoms with Crippen molar-refractivity contribution in [2.45, 2.75) is 33.1 Å². The minimum atomic E-state index is -0.0982. The standard InChI is InChI=1S/C24H23N5/c1-16-22(17-10-6-5-7-11-17)23-26-20(24(2,3)4)14-21(29(23)27-16)28-15-25-18-12-8-9-13-19(18)28/h5-15H,1-4H3. The van der Waals surface area contributed by atoms with Crippen LogP contribution in [0.2, 0.25) is 0 Å². The van der Waals surface area contributed by atoms with Crippen LogP contribution in [0.25, 0.3) is 33.6 Å². The Balaban J connectivity index is 1.89. The fourth-order valence-electron chi connectivity index (χ4n) is 3.75. The molecule has 0 spiro atoms. The summed E-state index contributed by atoms with van der Waals surface area (Å²) in [4.78, 5) is 9.64. The molecule has 0 unspecified atom stereocenters. The summed E-state index contributed by atoms with van der Waals surface area (Å²) in [5, 5.41) is 4.88. The molecular weight excluding hydrogens is 358 g/mol. The Bertz CT molecular complexity index is 1340. The monoisotopic (exact) mass is 381 g/mol. The van der Waals surface area contributed by atoms with E-state index in [1.165, 1.54) is 0 Å². The number of aromatic nitrogens is 5. The van der Waals surface area contributed by atoms with Crippen molar-refractivity contribution in [3.63, 3.8) is 0 Å². The van der Waals surface area contributed by atoms with Crippen LogP contribution in [-0.2, 0) is 5.41 Å². The average molecular weight is 381 g/mol. The first-order valence-electron chi connectivity index (χ1n) is 9.82. The van der Waals surface area contributed by atoms with Gasteiger partial charge < -0.3 is 0 Å². The molecule has 3 aromatic heterocycles. The summed E-state index contributed by atoms with van der Waals surface area (Å²) in [7, 11) is 0. The first-order chi connectivity index (χ1) is 13.9. The molecule has 0 aliphatic heterocycles. The van der Waals surface area contributed by atoms with Crippen molar-refractivity contribution in [3.05, 3.63) is 78.4 Å². The molecule has 3 heterocycles. The Hall–Kier alpha value is -3.47. The van der Waals surface area contributed by atoms with Crippen LogP contribution in [0, 0.1) is 6.92 Å². The van der Waals surface area contributed by atoms with Gasteiger partial charge in [-0.05, 0) is 24.6 Å². The first-order valence-corrected chi connectivity index (χ1v) is 9.82. The zero-order chi connectivity index (χ0) is 20.2. The summed E-state index contributed by atoms with van der Waals surface area (Å²) in [6, 6.07) is 20.6. The predicted octanol–water partition coefficient (Wildman–Crippen LogP) is 5.34. The van der Waals surface area contributed by atoms with E-state index in [1.54, 1.807) is 0 Å². The van der Waals surface area contributed by atoms with Crippen molar-refractivity contribution in [2.75, 3.05) is 0 Å². The quantitative estimate of drug-likeness (QED) is 0.415. The highest BCUT2D eigenvalue weighted by Crippen LogP contribution is 2.32. The molecule has 5 nitrogen and oxygen atoms in total. The number of nitrogens with zero attached hydrogens (tertiary/aromatic N) is 5. The smallest absolute Gasteiger partial charge is 0.165 e. The van der Waals surface area contributed by atoms with Crippen molar-refractivity contribution < 1.29 is 0 Å². The van der Waals surface area contributed by atoms with Crippen LogP contribution in [0.5, 0.6) is 0 Å². The summed E-state index contributed by atoms with van der Waals surface area (Å²) < 4.78 is 4.04. The second-order valence-electron chi connectivity index (χ2n) is 8.41. The van der Waals surface area contributed by atoms with Crippen LogP contribution in [0.15, 0.2) is 67.0 Å². The molecule has 0 atom stereocenters. The Morgan fingerprint density at radius 2 is 1.62 bits per heavy atom. The van der Waals surface area contributed by atoms with Crippen LogP contribution < -0.4 is 0 Å². The minimum Gasteiger partial charge on any atom is -0.283 e. The van der Waals surface area contributed by atoms with E-state index in [0.717, 1.165) is 45.0 Å². The van der Waals surface area contributed by atoms with Gasteiger partial charge in [-0.1, -0.05) is 63.2 Å². The van der Waals surface area contributed by atoms with Gasteiger partial charge in [0.25, 0.3) is 0 Å². The highest BCUT2D eigenvalue weighted by molar-refractivity contribution is 5.81. The largest absolute Gasteiger partial charge is 0.283 e. The third-order valence-corrected chi connectivity index (χ3v) is 5.28. The van der Waals surface area contributed by atoms with E-state index >= 15 is 0 Å². The lowest BCUT2D eigenvalue weighted by Crippen LogP contribution is -2.16. The van der Waals surface area contributed by atoms with Crippen LogP contribution in [-0.4, -0.2) is 24.1 Å². The molecule has 0 aliphatic rings. The highest BCUT2D eigenvalue weighted by atomic mass is 15.3. The zero-order valence-corrected chi connectivity index (χ0v) is 17.1. The molecule has 0 saturated carbocycles. The van der Waals surface area contributed by atoms with Gasteiger partial charge in [0.2, 0.25) is 0 Å². The van der Waals surface area contributed by atoms with Gasteiger partial charge in [0.05, 0.1) is 22.4 Å². The van der Waals surface area contributed by atoms with Gasteiger partial charge in [-0.3, -0.25) is 4.57 Å². The molecule has 0 radical (unpaired) electrons. The van der Waals surface area contributed by atoms with Crippen LogP contribution in [0.3, 0.4) is 0 Å². The molecule has 0 bridgehead atoms. The molecule has 29 heavy (non-hydrogen) atoms. The van der Waals surface area contributed by atoms with E-state index in [9.17, 15) is 0 Å². The Morgan fingerprint density at radius 1 is 0.897 bits per heavy atom. The van der Waals surface area contributed by atoms with Gasteiger partial charge in [-0.25, -0.2) is 9.97 Å². The number of aryl methyl sites for hydroxylation is 1. The Kier molecular flexibility index (Phi) is 3.81. The van der Waals surface area contributed by atoms with E-state index in [0.29, 0.717) is 0 Å². The highest BCUT2D eigenvalue weighted by Gasteiger charge is 2.23. The predicted molar refractivity (Wildman–Crippen MR) is 116 cm³/mol. The summed E-state index contributed by atoms with van der Waals surface area (Å²) in [5.74, 6) is 0.943. The van der Waals surface area contributed by atoms with Gasteiger partial charge >= 0.3 is 0 Å². The van der Waals surface area contributed by atoms with Crippen molar-refractivity contribution in [3.8, 4) is 16.9 Å². The maximum atomic E-state index is 5.06. The SMILES string of the molecule is Cc1nn2c(-n3cnc4ccccc43)cc(C(C)(C)C)nc2c1-c1ccccc1. The lowest BCUT2D eigenvalue weighted by molar-refractivity contribution is 0.567. The molecule has 0 N–H and O–H groups in total. The fourth-order valence-corrected chi connectivity index (χ4v) is 3.75. The van der Waals surface area contributed by atoms with E-state index in [1.807, 2.05) is 42.0 Å². The van der Waals surface area contributed by atoms with Crippen LogP contribution in [0.4, 0.5) is 0 Å². The molecule has 5 aromatic rings. The van der Waals surface area contributed by atoms with Crippen LogP contribution in [0.1, 0.15) is 32.2 Å². The second kappa shape index (κ2) is 6.27. The number of hydrogen-bond donors (Lipinski definition) is 0. The number of para-hydroxylation sites is 2. The molecule has 144 valence electrons. The maximum absolute atomic E-state index is 5.06. The van der Waals surface area contributed by atoms with Gasteiger partial charge in [-0.2, -0.15) is 9.61 Å². The molecule has 2 aromatic carbocycles. The lowest BCUT2D eigenvalue weighted by atomic mass is 9.92. The Labute approximate surface area is 169 Å². The van der Waals surface area contributed by atoms with Crippen molar-refractivity contribution in [1.29, 1.82) is 0 Å². The van der Waals surface area contributed by atoms with E-state index < -0.39 is 0 Å². The van der Waals surface area contributed by atoms with E-state index in [2.05, 4.69) is 66.7 Å². The fraction of sp³-hybridized carbons (Fsp3) is 0.208. The summed E-state index contributed by atoms with van der Waals surface area (Å²) in [6.45, 7) is 8.61. The molecule has 0 amide bonds. The minimum absolute atomic E-state index is 0.0982. The van der Waals surface area contributed by atoms with Crippen molar-refractivity contribution >= 4 is 16.7 Å². The molecule has 5 rings (SSSR count). The number of fused-ring (bicyclic) bond motifs is 2. The second-order valence-corrected chi connectivity index (χ2v) is 8.41. The topological polar surface area (TPSA) is 48.0 Å². The number of hydrogen-bond acceptors (Lipinski definition) is 3. The Morgan fingerprint density at radius 3 is 2.38 bits per heavy atom. The summed E-state index contributed by atoms with van der Waals surface area (Å²) >= 11 is 0. The normalized spacial score (nSPS) is 12.1. The molecule has 5 heteroatoms. The summed E-state index contributed by atoms with van der Waals surface area (Å²) in [5.41, 5.74) is 6.96. The zero-order valence-electron chi connectivity index (χ0n) is 17.1.